The molecule has 0 spiro atoms. The first-order valence-corrected chi connectivity index (χ1v) is 10.9. The van der Waals surface area contributed by atoms with Crippen LogP contribution in [-0.2, 0) is 10.0 Å². The first kappa shape index (κ1) is 19.9. The molecule has 150 valence electrons. The van der Waals surface area contributed by atoms with Crippen molar-refractivity contribution in [3.8, 4) is 0 Å². The van der Waals surface area contributed by atoms with E-state index in [2.05, 4.69) is 15.1 Å². The van der Waals surface area contributed by atoms with E-state index in [-0.39, 0.29) is 12.5 Å². The number of nitrogen functional groups attached to an aromatic ring is 1. The third-order valence-electron chi connectivity index (χ3n) is 4.91. The van der Waals surface area contributed by atoms with Gasteiger partial charge in [-0.05, 0) is 25.7 Å². The number of imidazole rings is 1. The fraction of sp³-hybridized carbons (Fsp3) is 0.688. The summed E-state index contributed by atoms with van der Waals surface area (Å²) < 4.78 is 50.7. The minimum atomic E-state index is -3.17. The third kappa shape index (κ3) is 4.70. The van der Waals surface area contributed by atoms with Crippen molar-refractivity contribution in [3.05, 3.63) is 18.0 Å². The lowest BCUT2D eigenvalue weighted by molar-refractivity contribution is 0.203. The maximum absolute atomic E-state index is 13.5. The Hall–Kier alpha value is -1.88. The second-order valence-corrected chi connectivity index (χ2v) is 9.00. The molecular weight excluding hydrogens is 378 g/mol. The number of aromatic nitrogens is 4. The van der Waals surface area contributed by atoms with Crippen LogP contribution < -0.4 is 5.73 Å². The molecule has 2 aromatic rings. The zero-order valence-corrected chi connectivity index (χ0v) is 16.0. The highest BCUT2D eigenvalue weighted by atomic mass is 32.2. The van der Waals surface area contributed by atoms with E-state index in [1.165, 1.54) is 27.9 Å². The average Bonchev–Trinajstić information content (AvgIpc) is 3.23. The van der Waals surface area contributed by atoms with E-state index in [1.54, 1.807) is 0 Å². The van der Waals surface area contributed by atoms with Gasteiger partial charge in [-0.3, -0.25) is 0 Å². The van der Waals surface area contributed by atoms with Gasteiger partial charge in [0.05, 0.1) is 12.5 Å². The zero-order valence-electron chi connectivity index (χ0n) is 15.2. The highest BCUT2D eigenvalue weighted by molar-refractivity contribution is 7.88. The van der Waals surface area contributed by atoms with Gasteiger partial charge in [0.25, 0.3) is 0 Å². The first-order chi connectivity index (χ1) is 12.8. The van der Waals surface area contributed by atoms with Crippen LogP contribution in [0.5, 0.6) is 0 Å². The van der Waals surface area contributed by atoms with Crippen LogP contribution in [0.15, 0.2) is 6.20 Å². The van der Waals surface area contributed by atoms with Crippen molar-refractivity contribution in [2.45, 2.75) is 50.6 Å². The van der Waals surface area contributed by atoms with Gasteiger partial charge in [0.2, 0.25) is 21.9 Å². The smallest absolute Gasteiger partial charge is 0.242 e. The maximum atomic E-state index is 13.5. The Bertz CT molecular complexity index is 898. The van der Waals surface area contributed by atoms with Crippen LogP contribution in [0.2, 0.25) is 0 Å². The number of piperidine rings is 1. The van der Waals surface area contributed by atoms with Gasteiger partial charge >= 0.3 is 0 Å². The van der Waals surface area contributed by atoms with E-state index in [4.69, 9.17) is 5.73 Å². The second kappa shape index (κ2) is 8.01. The van der Waals surface area contributed by atoms with Crippen LogP contribution >= 0.6 is 0 Å². The zero-order chi connectivity index (χ0) is 19.6. The number of anilines is 1. The van der Waals surface area contributed by atoms with Crippen LogP contribution in [0.25, 0.3) is 5.52 Å². The van der Waals surface area contributed by atoms with E-state index in [0.29, 0.717) is 36.6 Å². The molecule has 1 atom stereocenters. The van der Waals surface area contributed by atoms with Gasteiger partial charge in [0.1, 0.15) is 17.5 Å². The molecule has 2 fully saturated rings. The molecule has 1 saturated heterocycles. The monoisotopic (exact) mass is 402 g/mol. The Morgan fingerprint density at radius 3 is 2.52 bits per heavy atom. The number of alkyl halides is 1. The van der Waals surface area contributed by atoms with Crippen LogP contribution in [0.3, 0.4) is 0 Å². The summed E-state index contributed by atoms with van der Waals surface area (Å²) in [6, 6.07) is 0. The molecule has 8 nitrogen and oxygen atoms in total. The molecule has 1 unspecified atom stereocenters. The van der Waals surface area contributed by atoms with Crippen LogP contribution in [0.1, 0.15) is 50.3 Å². The lowest BCUT2D eigenvalue weighted by Crippen LogP contribution is -2.39. The van der Waals surface area contributed by atoms with Gasteiger partial charge < -0.3 is 5.73 Å². The van der Waals surface area contributed by atoms with Gasteiger partial charge in [0, 0.05) is 19.0 Å². The standard InChI is InChI=1S/C10H12FN5.C6H12FNO2S/c11-8-7-5-13-10(12)15-16(7)9(14-8)6-3-1-2-4-6;1-11(9,10)8-4-2-3-6(7)5-8/h5-6H,1-4H2,(H2,12,15);6H,2-5H2,1H3. The fourth-order valence-corrected chi connectivity index (χ4v) is 4.42. The number of fused-ring (bicyclic) bond motifs is 1. The maximum Gasteiger partial charge on any atom is 0.242 e. The molecular formula is C16H24F2N6O2S. The molecule has 1 saturated carbocycles. The Morgan fingerprint density at radius 2 is 1.93 bits per heavy atom. The number of rotatable bonds is 2. The molecule has 2 aliphatic rings. The van der Waals surface area contributed by atoms with Gasteiger partial charge in [-0.1, -0.05) is 12.8 Å². The molecule has 1 aliphatic heterocycles. The summed E-state index contributed by atoms with van der Waals surface area (Å²) in [4.78, 5) is 7.73. The van der Waals surface area contributed by atoms with Gasteiger partial charge in [0.15, 0.2) is 0 Å². The molecule has 3 heterocycles. The number of nitrogens with two attached hydrogens (primary N) is 1. The predicted molar refractivity (Wildman–Crippen MR) is 96.9 cm³/mol. The largest absolute Gasteiger partial charge is 0.367 e. The third-order valence-corrected chi connectivity index (χ3v) is 6.18. The van der Waals surface area contributed by atoms with E-state index in [0.717, 1.165) is 19.1 Å². The van der Waals surface area contributed by atoms with Crippen LogP contribution in [-0.4, -0.2) is 57.8 Å². The van der Waals surface area contributed by atoms with Crippen molar-refractivity contribution in [2.75, 3.05) is 25.1 Å². The molecule has 27 heavy (non-hydrogen) atoms. The molecule has 4 rings (SSSR count). The molecule has 2 N–H and O–H groups in total. The minimum absolute atomic E-state index is 0.0405. The Kier molecular flexibility index (Phi) is 5.89. The molecule has 0 amide bonds. The van der Waals surface area contributed by atoms with E-state index in [1.807, 2.05) is 0 Å². The van der Waals surface area contributed by atoms with Gasteiger partial charge in [-0.15, -0.1) is 5.10 Å². The predicted octanol–water partition coefficient (Wildman–Crippen LogP) is 1.88. The van der Waals surface area contributed by atoms with Gasteiger partial charge in [-0.2, -0.15) is 8.70 Å². The molecule has 2 aromatic heterocycles. The SMILES string of the molecule is CS(=O)(=O)N1CCCC(F)C1.Nc1ncc2c(F)nc(C3CCCC3)n2n1. The lowest BCUT2D eigenvalue weighted by Gasteiger charge is -2.26. The second-order valence-electron chi connectivity index (χ2n) is 7.02. The normalized spacial score (nSPS) is 22.0. The van der Waals surface area contributed by atoms with Crippen molar-refractivity contribution >= 4 is 21.5 Å². The summed E-state index contributed by atoms with van der Waals surface area (Å²) in [6.45, 7) is 0.512. The molecule has 0 bridgehead atoms. The Labute approximate surface area is 156 Å². The Balaban J connectivity index is 0.000000168. The van der Waals surface area contributed by atoms with Crippen molar-refractivity contribution in [2.24, 2.45) is 0 Å². The number of hydrogen-bond donors (Lipinski definition) is 1. The summed E-state index contributed by atoms with van der Waals surface area (Å²) >= 11 is 0. The quantitative estimate of drug-likeness (QED) is 0.822. The van der Waals surface area contributed by atoms with Crippen molar-refractivity contribution in [3.63, 3.8) is 0 Å². The number of hydrogen-bond acceptors (Lipinski definition) is 6. The highest BCUT2D eigenvalue weighted by Gasteiger charge is 2.25. The van der Waals surface area contributed by atoms with Crippen molar-refractivity contribution in [1.29, 1.82) is 0 Å². The minimum Gasteiger partial charge on any atom is -0.367 e. The summed E-state index contributed by atoms with van der Waals surface area (Å²) in [5.41, 5.74) is 5.81. The topological polar surface area (TPSA) is 106 Å². The summed E-state index contributed by atoms with van der Waals surface area (Å²) in [6.07, 6.45) is 7.07. The van der Waals surface area contributed by atoms with E-state index in [9.17, 15) is 17.2 Å². The van der Waals surface area contributed by atoms with Crippen LogP contribution in [0, 0.1) is 5.95 Å². The van der Waals surface area contributed by atoms with Gasteiger partial charge in [-0.25, -0.2) is 27.3 Å². The number of halogens is 2. The average molecular weight is 402 g/mol. The van der Waals surface area contributed by atoms with Crippen LogP contribution in [0.4, 0.5) is 14.7 Å². The number of sulfonamides is 1. The van der Waals surface area contributed by atoms with E-state index < -0.39 is 22.1 Å². The summed E-state index contributed by atoms with van der Waals surface area (Å²) in [5, 5.41) is 4.02. The van der Waals surface area contributed by atoms with E-state index >= 15 is 0 Å². The van der Waals surface area contributed by atoms with Crippen molar-refractivity contribution in [1.82, 2.24) is 23.9 Å². The molecule has 1 aliphatic carbocycles. The summed E-state index contributed by atoms with van der Waals surface area (Å²) in [7, 11) is -3.17. The van der Waals surface area contributed by atoms with Crippen molar-refractivity contribution < 1.29 is 17.2 Å². The first-order valence-electron chi connectivity index (χ1n) is 9.01. The summed E-state index contributed by atoms with van der Waals surface area (Å²) in [5.74, 6) is 0.608. The number of nitrogens with zero attached hydrogens (tertiary/aromatic N) is 5. The fourth-order valence-electron chi connectivity index (χ4n) is 3.53. The lowest BCUT2D eigenvalue weighted by atomic mass is 10.1. The Morgan fingerprint density at radius 1 is 1.22 bits per heavy atom. The molecule has 0 radical (unpaired) electrons. The molecule has 0 aromatic carbocycles. The highest BCUT2D eigenvalue weighted by Crippen LogP contribution is 2.33. The molecule has 11 heteroatoms.